The standard InChI is InChI=1S/C11H22N6OS/c1-4-5-12-6-7-17-11(14-15-16-17)19-8-10(18)13-9(2)3/h9,12H,4-8H2,1-3H3,(H,13,18). The molecule has 1 aromatic heterocycles. The molecule has 0 aliphatic rings. The molecular weight excluding hydrogens is 264 g/mol. The van der Waals surface area contributed by atoms with Crippen molar-refractivity contribution in [1.29, 1.82) is 0 Å². The van der Waals surface area contributed by atoms with E-state index in [-0.39, 0.29) is 11.9 Å². The second-order valence-corrected chi connectivity index (χ2v) is 5.39. The summed E-state index contributed by atoms with van der Waals surface area (Å²) in [5.74, 6) is 0.333. The normalized spacial score (nSPS) is 10.9. The van der Waals surface area contributed by atoms with E-state index in [0.717, 1.165) is 19.5 Å². The van der Waals surface area contributed by atoms with Gasteiger partial charge in [-0.1, -0.05) is 18.7 Å². The fraction of sp³-hybridized carbons (Fsp3) is 0.818. The van der Waals surface area contributed by atoms with Crippen molar-refractivity contribution in [2.24, 2.45) is 0 Å². The van der Waals surface area contributed by atoms with Crippen LogP contribution in [0.3, 0.4) is 0 Å². The number of amides is 1. The van der Waals surface area contributed by atoms with E-state index in [1.807, 2.05) is 13.8 Å². The monoisotopic (exact) mass is 286 g/mol. The van der Waals surface area contributed by atoms with Crippen LogP contribution in [0.15, 0.2) is 5.16 Å². The SMILES string of the molecule is CCCNCCn1nnnc1SCC(=O)NC(C)C. The van der Waals surface area contributed by atoms with Gasteiger partial charge in [-0.3, -0.25) is 4.79 Å². The quantitative estimate of drug-likeness (QED) is 0.501. The van der Waals surface area contributed by atoms with Crippen molar-refractivity contribution in [2.75, 3.05) is 18.8 Å². The largest absolute Gasteiger partial charge is 0.353 e. The Morgan fingerprint density at radius 3 is 2.89 bits per heavy atom. The first-order valence-corrected chi connectivity index (χ1v) is 7.51. The molecule has 0 unspecified atom stereocenters. The first kappa shape index (κ1) is 15.9. The zero-order valence-corrected chi connectivity index (χ0v) is 12.5. The highest BCUT2D eigenvalue weighted by Gasteiger charge is 2.10. The van der Waals surface area contributed by atoms with Crippen molar-refractivity contribution in [3.8, 4) is 0 Å². The fourth-order valence-corrected chi connectivity index (χ4v) is 2.14. The van der Waals surface area contributed by atoms with Gasteiger partial charge in [0, 0.05) is 12.6 Å². The fourth-order valence-electron chi connectivity index (χ4n) is 1.42. The van der Waals surface area contributed by atoms with E-state index in [4.69, 9.17) is 0 Å². The average molecular weight is 286 g/mol. The van der Waals surface area contributed by atoms with Crippen LogP contribution >= 0.6 is 11.8 Å². The highest BCUT2D eigenvalue weighted by Crippen LogP contribution is 2.12. The molecule has 1 amide bonds. The van der Waals surface area contributed by atoms with Crippen molar-refractivity contribution in [2.45, 2.75) is 44.9 Å². The number of nitrogens with one attached hydrogen (secondary N) is 2. The van der Waals surface area contributed by atoms with Crippen LogP contribution in [0.1, 0.15) is 27.2 Å². The third kappa shape index (κ3) is 6.53. The lowest BCUT2D eigenvalue weighted by Gasteiger charge is -2.08. The Kier molecular flexibility index (Phi) is 7.42. The van der Waals surface area contributed by atoms with E-state index in [0.29, 0.717) is 17.5 Å². The molecule has 0 aliphatic carbocycles. The first-order chi connectivity index (χ1) is 9.13. The summed E-state index contributed by atoms with van der Waals surface area (Å²) < 4.78 is 1.72. The van der Waals surface area contributed by atoms with Gasteiger partial charge in [0.2, 0.25) is 11.1 Å². The zero-order valence-electron chi connectivity index (χ0n) is 11.7. The summed E-state index contributed by atoms with van der Waals surface area (Å²) >= 11 is 1.35. The summed E-state index contributed by atoms with van der Waals surface area (Å²) in [5.41, 5.74) is 0. The maximum atomic E-state index is 11.5. The van der Waals surface area contributed by atoms with Gasteiger partial charge in [0.15, 0.2) is 0 Å². The molecule has 0 aromatic carbocycles. The van der Waals surface area contributed by atoms with Crippen molar-refractivity contribution >= 4 is 17.7 Å². The number of hydrogen-bond donors (Lipinski definition) is 2. The van der Waals surface area contributed by atoms with Gasteiger partial charge >= 0.3 is 0 Å². The molecule has 0 radical (unpaired) electrons. The molecule has 8 heteroatoms. The van der Waals surface area contributed by atoms with Crippen molar-refractivity contribution < 1.29 is 4.79 Å². The number of carbonyl (C=O) groups is 1. The van der Waals surface area contributed by atoms with E-state index in [1.54, 1.807) is 4.68 Å². The highest BCUT2D eigenvalue weighted by atomic mass is 32.2. The van der Waals surface area contributed by atoms with E-state index in [9.17, 15) is 4.79 Å². The van der Waals surface area contributed by atoms with Gasteiger partial charge in [-0.2, -0.15) is 0 Å². The minimum Gasteiger partial charge on any atom is -0.353 e. The molecule has 1 heterocycles. The van der Waals surface area contributed by atoms with Crippen molar-refractivity contribution in [3.05, 3.63) is 0 Å². The third-order valence-corrected chi connectivity index (χ3v) is 3.17. The maximum absolute atomic E-state index is 11.5. The number of carbonyl (C=O) groups excluding carboxylic acids is 1. The minimum atomic E-state index is -0.00124. The van der Waals surface area contributed by atoms with Crippen molar-refractivity contribution in [3.63, 3.8) is 0 Å². The molecule has 0 fully saturated rings. The van der Waals surface area contributed by atoms with Gasteiger partial charge in [-0.25, -0.2) is 4.68 Å². The molecule has 0 aliphatic heterocycles. The molecule has 1 rings (SSSR count). The summed E-state index contributed by atoms with van der Waals surface area (Å²) in [7, 11) is 0. The Balaban J connectivity index is 2.33. The molecule has 2 N–H and O–H groups in total. The Labute approximate surface area is 117 Å². The molecule has 1 aromatic rings. The van der Waals surface area contributed by atoms with Gasteiger partial charge < -0.3 is 10.6 Å². The summed E-state index contributed by atoms with van der Waals surface area (Å²) in [5, 5.41) is 18.3. The van der Waals surface area contributed by atoms with Gasteiger partial charge in [0.25, 0.3) is 0 Å². The Hall–Kier alpha value is -1.15. The van der Waals surface area contributed by atoms with Crippen LogP contribution in [0.2, 0.25) is 0 Å². The second kappa shape index (κ2) is 8.87. The predicted octanol–water partition coefficient (Wildman–Crippen LogP) is 0.289. The summed E-state index contributed by atoms with van der Waals surface area (Å²) in [6.45, 7) is 8.52. The smallest absolute Gasteiger partial charge is 0.230 e. The van der Waals surface area contributed by atoms with Crippen LogP contribution in [-0.4, -0.2) is 51.0 Å². The summed E-state index contributed by atoms with van der Waals surface area (Å²) in [4.78, 5) is 11.5. The first-order valence-electron chi connectivity index (χ1n) is 6.52. The van der Waals surface area contributed by atoms with Crippen LogP contribution in [0, 0.1) is 0 Å². The number of tetrazole rings is 1. The lowest BCUT2D eigenvalue weighted by molar-refractivity contribution is -0.119. The van der Waals surface area contributed by atoms with E-state index in [1.165, 1.54) is 11.8 Å². The van der Waals surface area contributed by atoms with Gasteiger partial charge in [0.1, 0.15) is 0 Å². The molecule has 0 saturated heterocycles. The van der Waals surface area contributed by atoms with E-state index < -0.39 is 0 Å². The Morgan fingerprint density at radius 2 is 2.21 bits per heavy atom. The average Bonchev–Trinajstić information content (AvgIpc) is 2.79. The van der Waals surface area contributed by atoms with E-state index in [2.05, 4.69) is 33.1 Å². The molecule has 0 bridgehead atoms. The van der Waals surface area contributed by atoms with Gasteiger partial charge in [-0.05, 0) is 37.2 Å². The molecule has 0 atom stereocenters. The van der Waals surface area contributed by atoms with Gasteiger partial charge in [0.05, 0.1) is 12.3 Å². The summed E-state index contributed by atoms with van der Waals surface area (Å²) in [6, 6.07) is 0.155. The topological polar surface area (TPSA) is 84.7 Å². The Morgan fingerprint density at radius 1 is 1.42 bits per heavy atom. The molecule has 0 saturated carbocycles. The predicted molar refractivity (Wildman–Crippen MR) is 75.0 cm³/mol. The lowest BCUT2D eigenvalue weighted by atomic mass is 10.4. The Bertz CT molecular complexity index is 381. The molecule has 19 heavy (non-hydrogen) atoms. The molecular formula is C11H22N6OS. The molecule has 0 spiro atoms. The van der Waals surface area contributed by atoms with Crippen LogP contribution in [-0.2, 0) is 11.3 Å². The highest BCUT2D eigenvalue weighted by molar-refractivity contribution is 7.99. The van der Waals surface area contributed by atoms with Crippen LogP contribution in [0.5, 0.6) is 0 Å². The minimum absolute atomic E-state index is 0.00124. The third-order valence-electron chi connectivity index (χ3n) is 2.21. The van der Waals surface area contributed by atoms with Crippen molar-refractivity contribution in [1.82, 2.24) is 30.8 Å². The van der Waals surface area contributed by atoms with Crippen LogP contribution in [0.25, 0.3) is 0 Å². The summed E-state index contributed by atoms with van der Waals surface area (Å²) in [6.07, 6.45) is 1.10. The maximum Gasteiger partial charge on any atom is 0.230 e. The number of aromatic nitrogens is 4. The molecule has 108 valence electrons. The molecule has 7 nitrogen and oxygen atoms in total. The van der Waals surface area contributed by atoms with Crippen LogP contribution in [0.4, 0.5) is 0 Å². The second-order valence-electron chi connectivity index (χ2n) is 4.45. The van der Waals surface area contributed by atoms with Crippen LogP contribution < -0.4 is 10.6 Å². The number of hydrogen-bond acceptors (Lipinski definition) is 6. The van der Waals surface area contributed by atoms with Gasteiger partial charge in [-0.15, -0.1) is 5.10 Å². The number of nitrogens with zero attached hydrogens (tertiary/aromatic N) is 4. The van der Waals surface area contributed by atoms with E-state index >= 15 is 0 Å². The lowest BCUT2D eigenvalue weighted by Crippen LogP contribution is -2.31. The zero-order chi connectivity index (χ0) is 14.1. The number of thioether (sulfide) groups is 1. The number of rotatable bonds is 9.